The molecule has 1 unspecified atom stereocenters. The lowest BCUT2D eigenvalue weighted by atomic mass is 9.94. The van der Waals surface area contributed by atoms with Crippen molar-refractivity contribution in [2.45, 2.75) is 37.5 Å². The van der Waals surface area contributed by atoms with Crippen LogP contribution in [0.5, 0.6) is 0 Å². The molecule has 4 rings (SSSR count). The zero-order chi connectivity index (χ0) is 24.3. The van der Waals surface area contributed by atoms with Gasteiger partial charge in [-0.3, -0.25) is 14.9 Å². The third-order valence-electron chi connectivity index (χ3n) is 6.66. The van der Waals surface area contributed by atoms with E-state index in [1.165, 1.54) is 18.2 Å². The van der Waals surface area contributed by atoms with Gasteiger partial charge in [0.05, 0.1) is 33.9 Å². The quantitative estimate of drug-likeness (QED) is 0.648. The number of hydrogen-bond donors (Lipinski definition) is 1. The molecule has 0 aliphatic carbocycles. The average molecular weight is 501 g/mol. The van der Waals surface area contributed by atoms with Crippen LogP contribution in [0.1, 0.15) is 40.7 Å². The first-order valence-corrected chi connectivity index (χ1v) is 13.0. The van der Waals surface area contributed by atoms with Gasteiger partial charge in [-0.25, -0.2) is 4.39 Å². The second-order valence-corrected chi connectivity index (χ2v) is 9.98. The van der Waals surface area contributed by atoms with Crippen molar-refractivity contribution in [1.29, 1.82) is 5.26 Å². The number of amides is 2. The van der Waals surface area contributed by atoms with Crippen molar-refractivity contribution in [2.75, 3.05) is 25.1 Å². The molecule has 2 heterocycles. The molecule has 2 fully saturated rings. The van der Waals surface area contributed by atoms with E-state index in [9.17, 15) is 19.2 Å². The van der Waals surface area contributed by atoms with Crippen LogP contribution in [0.2, 0.25) is 5.02 Å². The second kappa shape index (κ2) is 10.3. The van der Waals surface area contributed by atoms with Crippen LogP contribution in [0.15, 0.2) is 42.5 Å². The molecule has 2 amide bonds. The number of nitrogens with one attached hydrogen (secondary N) is 1. The summed E-state index contributed by atoms with van der Waals surface area (Å²) in [5, 5.41) is 13.2. The number of carbonyl (C=O) groups is 2. The zero-order valence-corrected chi connectivity index (χ0v) is 20.5. The average Bonchev–Trinajstić information content (AvgIpc) is 3.08. The van der Waals surface area contributed by atoms with Gasteiger partial charge >= 0.3 is 0 Å². The molecular weight excluding hydrogens is 475 g/mol. The molecule has 34 heavy (non-hydrogen) atoms. The summed E-state index contributed by atoms with van der Waals surface area (Å²) in [7, 11) is 0. The summed E-state index contributed by atoms with van der Waals surface area (Å²) in [6.07, 6.45) is 3.71. The van der Waals surface area contributed by atoms with E-state index in [2.05, 4.69) is 11.4 Å². The first-order chi connectivity index (χ1) is 16.4. The largest absolute Gasteiger partial charge is 0.338 e. The van der Waals surface area contributed by atoms with E-state index in [4.69, 9.17) is 11.6 Å². The van der Waals surface area contributed by atoms with Crippen molar-refractivity contribution in [2.24, 2.45) is 0 Å². The predicted octanol–water partition coefficient (Wildman–Crippen LogP) is 4.04. The molecule has 0 saturated carbocycles. The van der Waals surface area contributed by atoms with Crippen molar-refractivity contribution >= 4 is 35.2 Å². The summed E-state index contributed by atoms with van der Waals surface area (Å²) in [5.41, 5.74) is 0.591. The van der Waals surface area contributed by atoms with E-state index < -0.39 is 17.4 Å². The lowest BCUT2D eigenvalue weighted by Gasteiger charge is -2.45. The van der Waals surface area contributed by atoms with Gasteiger partial charge in [-0.15, -0.1) is 0 Å². The Morgan fingerprint density at radius 1 is 1.26 bits per heavy atom. The van der Waals surface area contributed by atoms with Gasteiger partial charge in [0.1, 0.15) is 5.82 Å². The van der Waals surface area contributed by atoms with Crippen LogP contribution in [0, 0.1) is 17.1 Å². The van der Waals surface area contributed by atoms with E-state index in [0.717, 1.165) is 11.3 Å². The summed E-state index contributed by atoms with van der Waals surface area (Å²) in [6, 6.07) is 13.4. The smallest absolute Gasteiger partial charge is 0.258 e. The Balaban J connectivity index is 1.57. The molecule has 1 spiro atoms. The Kier molecular flexibility index (Phi) is 7.46. The Morgan fingerprint density at radius 3 is 2.68 bits per heavy atom. The van der Waals surface area contributed by atoms with Crippen molar-refractivity contribution < 1.29 is 14.0 Å². The first kappa shape index (κ1) is 24.5. The number of halogens is 2. The topological polar surface area (TPSA) is 76.4 Å². The number of piperidine rings is 1. The number of rotatable bonds is 6. The number of nitrogens with zero attached hydrogens (tertiary/aromatic N) is 3. The second-order valence-electron chi connectivity index (χ2n) is 8.59. The molecule has 6 nitrogen and oxygen atoms in total. The minimum absolute atomic E-state index is 0.0127. The van der Waals surface area contributed by atoms with E-state index in [1.54, 1.807) is 28.8 Å². The predicted molar refractivity (Wildman–Crippen MR) is 131 cm³/mol. The lowest BCUT2D eigenvalue weighted by molar-refractivity contribution is -0.134. The summed E-state index contributed by atoms with van der Waals surface area (Å²) in [4.78, 5) is 29.9. The third-order valence-corrected chi connectivity index (χ3v) is 7.61. The molecular formula is C25H26ClFN4O2S. The Hall–Kier alpha value is -2.60. The number of nitriles is 1. The van der Waals surface area contributed by atoms with Crippen LogP contribution >= 0.6 is 23.4 Å². The Labute approximate surface area is 208 Å². The SMILES string of the molecule is CSCCC1NC2(CCN(C(=O)c3c(F)cccc3Cl)CC2)N(Cc2ccccc2C#N)C1=O. The van der Waals surface area contributed by atoms with Gasteiger partial charge in [0.2, 0.25) is 5.91 Å². The van der Waals surface area contributed by atoms with Gasteiger partial charge in [0.15, 0.2) is 0 Å². The number of hydrogen-bond acceptors (Lipinski definition) is 5. The van der Waals surface area contributed by atoms with Gasteiger partial charge in [-0.05, 0) is 42.2 Å². The monoisotopic (exact) mass is 500 g/mol. The molecule has 0 radical (unpaired) electrons. The molecule has 1 N–H and O–H groups in total. The lowest BCUT2D eigenvalue weighted by Crippen LogP contribution is -2.59. The fraction of sp³-hybridized carbons (Fsp3) is 0.400. The van der Waals surface area contributed by atoms with Gasteiger partial charge in [0, 0.05) is 32.5 Å². The fourth-order valence-corrected chi connectivity index (χ4v) is 5.53. The maximum Gasteiger partial charge on any atom is 0.258 e. The highest BCUT2D eigenvalue weighted by molar-refractivity contribution is 7.98. The molecule has 0 aromatic heterocycles. The molecule has 178 valence electrons. The fourth-order valence-electron chi connectivity index (χ4n) is 4.82. The molecule has 2 aromatic rings. The maximum atomic E-state index is 14.3. The standard InChI is InChI=1S/C25H26ClFN4O2S/c1-34-14-9-21-23(32)31(16-18-6-3-2-5-17(18)15-28)25(29-21)10-12-30(13-11-25)24(33)22-19(26)7-4-8-20(22)27/h2-8,21,29H,9-14,16H2,1H3. The number of likely N-dealkylation sites (tertiary alicyclic amines) is 1. The summed E-state index contributed by atoms with van der Waals surface area (Å²) < 4.78 is 14.3. The summed E-state index contributed by atoms with van der Waals surface area (Å²) >= 11 is 7.80. The molecule has 2 aromatic carbocycles. The highest BCUT2D eigenvalue weighted by Gasteiger charge is 2.51. The van der Waals surface area contributed by atoms with Gasteiger partial charge < -0.3 is 9.80 Å². The number of benzene rings is 2. The minimum atomic E-state index is -0.640. The van der Waals surface area contributed by atoms with Crippen LogP contribution in [0.3, 0.4) is 0 Å². The van der Waals surface area contributed by atoms with Gasteiger partial charge in [-0.1, -0.05) is 35.9 Å². The molecule has 2 aliphatic rings. The maximum absolute atomic E-state index is 14.3. The van der Waals surface area contributed by atoms with E-state index in [0.29, 0.717) is 44.5 Å². The van der Waals surface area contributed by atoms with E-state index >= 15 is 0 Å². The molecule has 1 atom stereocenters. The third kappa shape index (κ3) is 4.65. The molecule has 2 aliphatic heterocycles. The van der Waals surface area contributed by atoms with Crippen molar-refractivity contribution in [3.8, 4) is 6.07 Å². The van der Waals surface area contributed by atoms with Gasteiger partial charge in [-0.2, -0.15) is 17.0 Å². The Bertz CT molecular complexity index is 1110. The Morgan fingerprint density at radius 2 is 2.00 bits per heavy atom. The van der Waals surface area contributed by atoms with Crippen LogP contribution in [0.25, 0.3) is 0 Å². The van der Waals surface area contributed by atoms with Crippen LogP contribution in [-0.4, -0.2) is 58.4 Å². The minimum Gasteiger partial charge on any atom is -0.338 e. The summed E-state index contributed by atoms with van der Waals surface area (Å²) in [6.45, 7) is 1.03. The van der Waals surface area contributed by atoms with Crippen LogP contribution in [0.4, 0.5) is 4.39 Å². The van der Waals surface area contributed by atoms with Crippen LogP contribution < -0.4 is 5.32 Å². The first-order valence-electron chi connectivity index (χ1n) is 11.2. The van der Waals surface area contributed by atoms with E-state index in [1.807, 2.05) is 23.3 Å². The normalized spacial score (nSPS) is 19.5. The number of carbonyl (C=O) groups excluding carboxylic acids is 2. The van der Waals surface area contributed by atoms with Crippen molar-refractivity contribution in [1.82, 2.24) is 15.1 Å². The van der Waals surface area contributed by atoms with E-state index in [-0.39, 0.29) is 22.5 Å². The van der Waals surface area contributed by atoms with Gasteiger partial charge in [0.25, 0.3) is 5.91 Å². The van der Waals surface area contributed by atoms with Crippen molar-refractivity contribution in [3.05, 3.63) is 70.0 Å². The molecule has 9 heteroatoms. The van der Waals surface area contributed by atoms with Crippen molar-refractivity contribution in [3.63, 3.8) is 0 Å². The van der Waals surface area contributed by atoms with Crippen LogP contribution in [-0.2, 0) is 11.3 Å². The summed E-state index contributed by atoms with van der Waals surface area (Å²) in [5.74, 6) is -0.224. The molecule has 2 saturated heterocycles. The molecule has 0 bridgehead atoms. The highest BCUT2D eigenvalue weighted by atomic mass is 35.5. The number of thioether (sulfide) groups is 1. The zero-order valence-electron chi connectivity index (χ0n) is 18.9. The highest BCUT2D eigenvalue weighted by Crippen LogP contribution is 2.36.